The summed E-state index contributed by atoms with van der Waals surface area (Å²) in [7, 11) is 0. The smallest absolute Gasteiger partial charge is 0.283 e. The lowest BCUT2D eigenvalue weighted by molar-refractivity contribution is -0.385. The van der Waals surface area contributed by atoms with Crippen LogP contribution in [0, 0.1) is 10.1 Å². The molecule has 7 heteroatoms. The summed E-state index contributed by atoms with van der Waals surface area (Å²) in [5, 5.41) is 15.1. The molecule has 0 spiro atoms. The van der Waals surface area contributed by atoms with Crippen molar-refractivity contribution in [2.45, 2.75) is 13.0 Å². The number of nitrogens with zero attached hydrogens (tertiary/aromatic N) is 3. The van der Waals surface area contributed by atoms with E-state index in [9.17, 15) is 10.1 Å². The number of rotatable bonds is 5. The van der Waals surface area contributed by atoms with Crippen LogP contribution in [0.2, 0.25) is 0 Å². The van der Waals surface area contributed by atoms with Crippen LogP contribution in [0.25, 0.3) is 0 Å². The van der Waals surface area contributed by atoms with Gasteiger partial charge in [-0.05, 0) is 40.0 Å². The van der Waals surface area contributed by atoms with Gasteiger partial charge in [-0.15, -0.1) is 0 Å². The molecule has 0 unspecified atom stereocenters. The fraction of sp³-hybridized carbons (Fsp3) is 0.250. The van der Waals surface area contributed by atoms with E-state index in [1.807, 2.05) is 12.3 Å². The van der Waals surface area contributed by atoms with Gasteiger partial charge in [0.1, 0.15) is 4.47 Å². The van der Waals surface area contributed by atoms with E-state index < -0.39 is 4.92 Å². The summed E-state index contributed by atoms with van der Waals surface area (Å²) < 4.78 is 2.24. The van der Waals surface area contributed by atoms with Gasteiger partial charge in [-0.2, -0.15) is 5.10 Å². The summed E-state index contributed by atoms with van der Waals surface area (Å²) in [6.07, 6.45) is 4.44. The number of nitro benzene ring substituents is 1. The molecule has 1 heterocycles. The molecule has 0 amide bonds. The third kappa shape index (κ3) is 3.18. The van der Waals surface area contributed by atoms with Crippen molar-refractivity contribution in [1.29, 1.82) is 0 Å². The van der Waals surface area contributed by atoms with Crippen molar-refractivity contribution in [3.05, 3.63) is 56.3 Å². The van der Waals surface area contributed by atoms with Crippen molar-refractivity contribution >= 4 is 21.6 Å². The molecule has 6 nitrogen and oxygen atoms in total. The maximum Gasteiger partial charge on any atom is 0.283 e. The van der Waals surface area contributed by atoms with Gasteiger partial charge in [-0.25, -0.2) is 0 Å². The Morgan fingerprint density at radius 3 is 2.95 bits per heavy atom. The standard InChI is InChI=1S/C12H13BrN4O2/c13-12-10(2-1-3-11(12)17(18)19)8-16-7-9(4-5-14)6-15-16/h1-3,6-7H,4-5,8,14H2. The predicted octanol–water partition coefficient (Wildman–Crippen LogP) is 2.10. The lowest BCUT2D eigenvalue weighted by atomic mass is 10.2. The second-order valence-electron chi connectivity index (χ2n) is 4.09. The number of hydrogen-bond acceptors (Lipinski definition) is 4. The Morgan fingerprint density at radius 1 is 1.47 bits per heavy atom. The van der Waals surface area contributed by atoms with Crippen molar-refractivity contribution in [3.8, 4) is 0 Å². The van der Waals surface area contributed by atoms with Gasteiger partial charge in [0.05, 0.1) is 17.7 Å². The van der Waals surface area contributed by atoms with Crippen LogP contribution in [0.1, 0.15) is 11.1 Å². The Balaban J connectivity index is 2.23. The first kappa shape index (κ1) is 13.7. The van der Waals surface area contributed by atoms with Gasteiger partial charge in [0.15, 0.2) is 0 Å². The number of nitro groups is 1. The summed E-state index contributed by atoms with van der Waals surface area (Å²) in [6, 6.07) is 4.97. The highest BCUT2D eigenvalue weighted by Gasteiger charge is 2.15. The molecule has 2 aromatic rings. The molecule has 19 heavy (non-hydrogen) atoms. The molecule has 0 atom stereocenters. The van der Waals surface area contributed by atoms with Gasteiger partial charge in [0.25, 0.3) is 5.69 Å². The van der Waals surface area contributed by atoms with Gasteiger partial charge < -0.3 is 5.73 Å². The van der Waals surface area contributed by atoms with E-state index in [4.69, 9.17) is 5.73 Å². The maximum atomic E-state index is 10.9. The molecule has 2 N–H and O–H groups in total. The molecule has 0 aliphatic rings. The van der Waals surface area contributed by atoms with Crippen molar-refractivity contribution < 1.29 is 4.92 Å². The Morgan fingerprint density at radius 2 is 2.26 bits per heavy atom. The SMILES string of the molecule is NCCc1cnn(Cc2cccc([N+](=O)[O-])c2Br)c1. The minimum Gasteiger partial charge on any atom is -0.330 e. The van der Waals surface area contributed by atoms with E-state index in [0.29, 0.717) is 17.6 Å². The molecule has 1 aromatic heterocycles. The van der Waals surface area contributed by atoms with Gasteiger partial charge in [0, 0.05) is 12.3 Å². The van der Waals surface area contributed by atoms with Crippen LogP contribution in [0.3, 0.4) is 0 Å². The van der Waals surface area contributed by atoms with Gasteiger partial charge in [-0.1, -0.05) is 12.1 Å². The normalized spacial score (nSPS) is 10.6. The molecular weight excluding hydrogens is 312 g/mol. The fourth-order valence-corrected chi connectivity index (χ4v) is 2.33. The molecular formula is C12H13BrN4O2. The van der Waals surface area contributed by atoms with Crippen LogP contribution in [-0.4, -0.2) is 21.2 Å². The fourth-order valence-electron chi connectivity index (χ4n) is 1.79. The van der Waals surface area contributed by atoms with Crippen LogP contribution >= 0.6 is 15.9 Å². The zero-order valence-corrected chi connectivity index (χ0v) is 11.7. The zero-order valence-electron chi connectivity index (χ0n) is 10.1. The summed E-state index contributed by atoms with van der Waals surface area (Å²) in [4.78, 5) is 10.4. The molecule has 100 valence electrons. The largest absolute Gasteiger partial charge is 0.330 e. The summed E-state index contributed by atoms with van der Waals surface area (Å²) in [5.41, 5.74) is 7.42. The van der Waals surface area contributed by atoms with E-state index in [0.717, 1.165) is 17.5 Å². The van der Waals surface area contributed by atoms with Crippen molar-refractivity contribution in [3.63, 3.8) is 0 Å². The van der Waals surface area contributed by atoms with Crippen LogP contribution in [-0.2, 0) is 13.0 Å². The molecule has 1 aromatic carbocycles. The van der Waals surface area contributed by atoms with Crippen molar-refractivity contribution in [1.82, 2.24) is 9.78 Å². The Kier molecular flexibility index (Phi) is 4.28. The molecule has 0 saturated heterocycles. The first-order valence-corrected chi connectivity index (χ1v) is 6.54. The Labute approximate surface area is 118 Å². The van der Waals surface area contributed by atoms with E-state index in [-0.39, 0.29) is 5.69 Å². The van der Waals surface area contributed by atoms with Gasteiger partial charge in [-0.3, -0.25) is 14.8 Å². The Hall–Kier alpha value is -1.73. The van der Waals surface area contributed by atoms with Crippen LogP contribution in [0.5, 0.6) is 0 Å². The molecule has 0 radical (unpaired) electrons. The van der Waals surface area contributed by atoms with E-state index >= 15 is 0 Å². The molecule has 0 saturated carbocycles. The number of nitrogens with two attached hydrogens (primary N) is 1. The first-order chi connectivity index (χ1) is 9.11. The lowest BCUT2D eigenvalue weighted by Gasteiger charge is -2.05. The highest BCUT2D eigenvalue weighted by atomic mass is 79.9. The van der Waals surface area contributed by atoms with Crippen molar-refractivity contribution in [2.75, 3.05) is 6.54 Å². The summed E-state index contributed by atoms with van der Waals surface area (Å²) >= 11 is 3.27. The van der Waals surface area contributed by atoms with Crippen molar-refractivity contribution in [2.24, 2.45) is 5.73 Å². The number of hydrogen-bond donors (Lipinski definition) is 1. The van der Waals surface area contributed by atoms with E-state index in [1.54, 1.807) is 16.9 Å². The Bertz CT molecular complexity index is 597. The molecule has 0 fully saturated rings. The van der Waals surface area contributed by atoms with E-state index in [2.05, 4.69) is 21.0 Å². The van der Waals surface area contributed by atoms with Gasteiger partial charge in [0.2, 0.25) is 0 Å². The number of aromatic nitrogens is 2. The molecule has 0 aliphatic carbocycles. The summed E-state index contributed by atoms with van der Waals surface area (Å²) in [6.45, 7) is 1.05. The van der Waals surface area contributed by atoms with Crippen LogP contribution in [0.15, 0.2) is 35.1 Å². The molecule has 2 rings (SSSR count). The third-order valence-electron chi connectivity index (χ3n) is 2.71. The topological polar surface area (TPSA) is 87.0 Å². The zero-order chi connectivity index (χ0) is 13.8. The first-order valence-electron chi connectivity index (χ1n) is 5.75. The lowest BCUT2D eigenvalue weighted by Crippen LogP contribution is -2.03. The summed E-state index contributed by atoms with van der Waals surface area (Å²) in [5.74, 6) is 0. The molecule has 0 bridgehead atoms. The average molecular weight is 325 g/mol. The second kappa shape index (κ2) is 5.94. The maximum absolute atomic E-state index is 10.9. The predicted molar refractivity (Wildman–Crippen MR) is 74.9 cm³/mol. The second-order valence-corrected chi connectivity index (χ2v) is 4.89. The average Bonchev–Trinajstić information content (AvgIpc) is 2.79. The number of halogens is 1. The minimum atomic E-state index is -0.406. The quantitative estimate of drug-likeness (QED) is 0.674. The minimum absolute atomic E-state index is 0.0619. The highest BCUT2D eigenvalue weighted by Crippen LogP contribution is 2.28. The highest BCUT2D eigenvalue weighted by molar-refractivity contribution is 9.10. The van der Waals surface area contributed by atoms with Gasteiger partial charge >= 0.3 is 0 Å². The monoisotopic (exact) mass is 324 g/mol. The third-order valence-corrected chi connectivity index (χ3v) is 3.62. The number of benzene rings is 1. The van der Waals surface area contributed by atoms with E-state index in [1.165, 1.54) is 6.07 Å². The molecule has 0 aliphatic heterocycles. The van der Waals surface area contributed by atoms with Crippen LogP contribution in [0.4, 0.5) is 5.69 Å². The van der Waals surface area contributed by atoms with Crippen LogP contribution < -0.4 is 5.73 Å².